The van der Waals surface area contributed by atoms with E-state index in [4.69, 9.17) is 9.47 Å². The highest BCUT2D eigenvalue weighted by Gasteiger charge is 2.13. The molecule has 218 valence electrons. The number of methoxy groups -OCH3 is 2. The number of allylic oxidation sites excluding steroid dienone is 8. The van der Waals surface area contributed by atoms with Gasteiger partial charge < -0.3 is 9.47 Å². The highest BCUT2D eigenvalue weighted by Crippen LogP contribution is 2.28. The molecule has 0 rings (SSSR count). The molecule has 0 bridgehead atoms. The number of hydrogen-bond acceptors (Lipinski definition) is 4. The third-order valence-electron chi connectivity index (χ3n) is 7.32. The molecule has 0 saturated carbocycles. The number of rotatable bonds is 21. The molecule has 0 N–H and O–H groups in total. The summed E-state index contributed by atoms with van der Waals surface area (Å²) in [5.41, 5.74) is 5.74. The minimum absolute atomic E-state index is 0.104. The molecule has 0 aromatic heterocycles. The molecule has 0 aromatic carbocycles. The fourth-order valence-corrected chi connectivity index (χ4v) is 4.55. The number of unbranched alkanes of at least 4 members (excludes halogenated alkanes) is 6. The normalized spacial score (nSPS) is 13.5. The lowest BCUT2D eigenvalue weighted by Crippen LogP contribution is -2.05. The Morgan fingerprint density at radius 1 is 0.553 bits per heavy atom. The van der Waals surface area contributed by atoms with Crippen molar-refractivity contribution >= 4 is 11.9 Å². The maximum atomic E-state index is 11.4. The molecule has 0 amide bonds. The molecule has 0 aliphatic carbocycles. The van der Waals surface area contributed by atoms with Crippen LogP contribution in [0.2, 0.25) is 0 Å². The van der Waals surface area contributed by atoms with E-state index in [0.29, 0.717) is 24.7 Å². The third kappa shape index (κ3) is 19.9. The minimum Gasteiger partial charge on any atom is -0.469 e. The zero-order valence-electron chi connectivity index (χ0n) is 26.0. The van der Waals surface area contributed by atoms with E-state index in [-0.39, 0.29) is 11.9 Å². The van der Waals surface area contributed by atoms with Crippen molar-refractivity contribution in [3.63, 3.8) is 0 Å². The molecule has 0 radical (unpaired) electrons. The van der Waals surface area contributed by atoms with Gasteiger partial charge in [-0.05, 0) is 105 Å². The van der Waals surface area contributed by atoms with Crippen LogP contribution < -0.4 is 0 Å². The van der Waals surface area contributed by atoms with Crippen LogP contribution in [0.25, 0.3) is 0 Å². The van der Waals surface area contributed by atoms with Crippen molar-refractivity contribution in [2.75, 3.05) is 14.2 Å². The lowest BCUT2D eigenvalue weighted by molar-refractivity contribution is -0.141. The summed E-state index contributed by atoms with van der Waals surface area (Å²) in [6.07, 6.45) is 23.7. The average molecular weight is 531 g/mol. The summed E-state index contributed by atoms with van der Waals surface area (Å²) in [5.74, 6) is 0.879. The van der Waals surface area contributed by atoms with E-state index in [0.717, 1.165) is 70.6 Å². The molecule has 0 fully saturated rings. The predicted molar refractivity (Wildman–Crippen MR) is 162 cm³/mol. The highest BCUT2D eigenvalue weighted by molar-refractivity contribution is 5.69. The monoisotopic (exact) mass is 530 g/mol. The number of hydrogen-bond donors (Lipinski definition) is 0. The summed E-state index contributed by atoms with van der Waals surface area (Å²) in [4.78, 5) is 22.6. The van der Waals surface area contributed by atoms with Gasteiger partial charge in [0.25, 0.3) is 0 Å². The van der Waals surface area contributed by atoms with Crippen LogP contribution in [-0.2, 0) is 19.1 Å². The lowest BCUT2D eigenvalue weighted by Gasteiger charge is -2.20. The van der Waals surface area contributed by atoms with Crippen molar-refractivity contribution in [2.24, 2.45) is 11.8 Å². The Morgan fingerprint density at radius 3 is 1.53 bits per heavy atom. The Kier molecular flexibility index (Phi) is 21.6. The first-order valence-corrected chi connectivity index (χ1v) is 14.8. The molecule has 4 heteroatoms. The van der Waals surface area contributed by atoms with Crippen molar-refractivity contribution in [2.45, 2.75) is 131 Å². The van der Waals surface area contributed by atoms with Crippen LogP contribution in [0.4, 0.5) is 0 Å². The Morgan fingerprint density at radius 2 is 1.00 bits per heavy atom. The first-order chi connectivity index (χ1) is 18.1. The summed E-state index contributed by atoms with van der Waals surface area (Å²) < 4.78 is 9.49. The number of esters is 2. The smallest absolute Gasteiger partial charge is 0.305 e. The van der Waals surface area contributed by atoms with Crippen LogP contribution in [0.5, 0.6) is 0 Å². The molecule has 0 aliphatic rings. The van der Waals surface area contributed by atoms with Gasteiger partial charge in [-0.3, -0.25) is 9.59 Å². The van der Waals surface area contributed by atoms with Crippen LogP contribution in [0, 0.1) is 11.8 Å². The SMILES string of the molecule is COC(=O)CCCCCC/C=C(\C)C(CC=C(C)C)C/C=C(\C)C(CC=C(C)C)CCCCCC(=O)OC. The van der Waals surface area contributed by atoms with Crippen LogP contribution in [0.1, 0.15) is 131 Å². The van der Waals surface area contributed by atoms with Gasteiger partial charge in [-0.1, -0.05) is 72.3 Å². The van der Waals surface area contributed by atoms with Gasteiger partial charge in [0.2, 0.25) is 0 Å². The summed E-state index contributed by atoms with van der Waals surface area (Å²) in [6, 6.07) is 0. The molecule has 0 saturated heterocycles. The van der Waals surface area contributed by atoms with Crippen molar-refractivity contribution in [3.8, 4) is 0 Å². The van der Waals surface area contributed by atoms with Gasteiger partial charge in [0.05, 0.1) is 14.2 Å². The summed E-state index contributed by atoms with van der Waals surface area (Å²) in [5, 5.41) is 0. The third-order valence-corrected chi connectivity index (χ3v) is 7.32. The van der Waals surface area contributed by atoms with Crippen LogP contribution in [0.15, 0.2) is 46.6 Å². The zero-order valence-corrected chi connectivity index (χ0v) is 26.0. The summed E-state index contributed by atoms with van der Waals surface area (Å²) in [6.45, 7) is 13.3. The topological polar surface area (TPSA) is 52.6 Å². The Balaban J connectivity index is 5.06. The second kappa shape index (κ2) is 22.8. The second-order valence-corrected chi connectivity index (χ2v) is 11.3. The van der Waals surface area contributed by atoms with Gasteiger partial charge in [0.1, 0.15) is 0 Å². The van der Waals surface area contributed by atoms with Gasteiger partial charge in [0.15, 0.2) is 0 Å². The molecule has 38 heavy (non-hydrogen) atoms. The van der Waals surface area contributed by atoms with E-state index in [2.05, 4.69) is 65.8 Å². The van der Waals surface area contributed by atoms with Crippen molar-refractivity contribution in [3.05, 3.63) is 46.6 Å². The second-order valence-electron chi connectivity index (χ2n) is 11.3. The molecule has 4 nitrogen and oxygen atoms in total. The first-order valence-electron chi connectivity index (χ1n) is 14.8. The summed E-state index contributed by atoms with van der Waals surface area (Å²) in [7, 11) is 2.92. The van der Waals surface area contributed by atoms with Crippen molar-refractivity contribution in [1.82, 2.24) is 0 Å². The molecular weight excluding hydrogens is 472 g/mol. The van der Waals surface area contributed by atoms with E-state index in [9.17, 15) is 9.59 Å². The number of carbonyl (C=O) groups is 2. The quantitative estimate of drug-likeness (QED) is 0.0841. The van der Waals surface area contributed by atoms with E-state index in [1.54, 1.807) is 0 Å². The van der Waals surface area contributed by atoms with E-state index >= 15 is 0 Å². The van der Waals surface area contributed by atoms with Crippen molar-refractivity contribution in [1.29, 1.82) is 0 Å². The average Bonchev–Trinajstić information content (AvgIpc) is 2.88. The van der Waals surface area contributed by atoms with Crippen molar-refractivity contribution < 1.29 is 19.1 Å². The lowest BCUT2D eigenvalue weighted by atomic mass is 9.86. The van der Waals surface area contributed by atoms with Crippen LogP contribution in [-0.4, -0.2) is 26.2 Å². The molecule has 0 aliphatic heterocycles. The number of ether oxygens (including phenoxy) is 2. The summed E-state index contributed by atoms with van der Waals surface area (Å²) >= 11 is 0. The maximum Gasteiger partial charge on any atom is 0.305 e. The molecule has 2 atom stereocenters. The molecular formula is C34H58O4. The van der Waals surface area contributed by atoms with Gasteiger partial charge in [-0.25, -0.2) is 0 Å². The highest BCUT2D eigenvalue weighted by atomic mass is 16.5. The fraction of sp³-hybridized carbons (Fsp3) is 0.706. The van der Waals surface area contributed by atoms with Gasteiger partial charge >= 0.3 is 11.9 Å². The Labute approximate surface area is 235 Å². The maximum absolute atomic E-state index is 11.4. The number of carbonyl (C=O) groups excluding carboxylic acids is 2. The fourth-order valence-electron chi connectivity index (χ4n) is 4.55. The Bertz CT molecular complexity index is 776. The molecule has 0 aromatic rings. The van der Waals surface area contributed by atoms with E-state index in [1.807, 2.05) is 0 Å². The van der Waals surface area contributed by atoms with E-state index < -0.39 is 0 Å². The standard InChI is InChI=1S/C34H58O4/c1-27(2)21-24-31(18-14-12-16-20-34(36)38-8)30(6)23-26-32(25-22-28(3)4)29(5)17-13-10-9-11-15-19-33(35)37-7/h17,21-23,31-32H,9-16,18-20,24-26H2,1-8H3/b29-17+,30-23+. The Hall–Kier alpha value is -2.10. The van der Waals surface area contributed by atoms with Crippen LogP contribution >= 0.6 is 0 Å². The van der Waals surface area contributed by atoms with Gasteiger partial charge in [-0.2, -0.15) is 0 Å². The van der Waals surface area contributed by atoms with Gasteiger partial charge in [-0.15, -0.1) is 0 Å². The first kappa shape index (κ1) is 35.9. The molecule has 0 spiro atoms. The molecule has 2 unspecified atom stereocenters. The van der Waals surface area contributed by atoms with E-state index in [1.165, 1.54) is 42.9 Å². The minimum atomic E-state index is -0.105. The van der Waals surface area contributed by atoms with Gasteiger partial charge in [0, 0.05) is 12.8 Å². The molecule has 0 heterocycles. The van der Waals surface area contributed by atoms with Crippen LogP contribution in [0.3, 0.4) is 0 Å². The zero-order chi connectivity index (χ0) is 28.8. The largest absolute Gasteiger partial charge is 0.469 e. The predicted octanol–water partition coefficient (Wildman–Crippen LogP) is 9.85.